The van der Waals surface area contributed by atoms with E-state index in [2.05, 4.69) is 27.1 Å². The van der Waals surface area contributed by atoms with Crippen LogP contribution in [0.1, 0.15) is 9.94 Å². The number of para-hydroxylation sites is 1. The average Bonchev–Trinajstić information content (AvgIpc) is 3.51. The average molecular weight is 691 g/mol. The van der Waals surface area contributed by atoms with E-state index in [-0.39, 0.29) is 32.6 Å². The van der Waals surface area contributed by atoms with Crippen LogP contribution in [-0.2, 0) is 21.1 Å². The van der Waals surface area contributed by atoms with Gasteiger partial charge in [-0.3, -0.25) is 4.98 Å². The van der Waals surface area contributed by atoms with Crippen LogP contribution in [0.25, 0.3) is 50.5 Å². The SMILES string of the molecule is [2H]C([2H])([2H])c1nc2cc3c([c-]c2n1-c1ccccn1)n(-c1[c-]c(-c2ccccn2)ccc1)c(=O)n3-c1ccccc1.[Pt+2]. The molecule has 4 aromatic heterocycles. The van der Waals surface area contributed by atoms with Crippen molar-refractivity contribution in [2.45, 2.75) is 6.85 Å². The number of benzene rings is 3. The van der Waals surface area contributed by atoms with Crippen molar-refractivity contribution in [3.63, 3.8) is 0 Å². The summed E-state index contributed by atoms with van der Waals surface area (Å²) < 4.78 is 29.1. The molecule has 7 nitrogen and oxygen atoms in total. The minimum Gasteiger partial charge on any atom is -0.315 e. The van der Waals surface area contributed by atoms with Crippen molar-refractivity contribution in [1.29, 1.82) is 0 Å². The monoisotopic (exact) mass is 690 g/mol. The third-order valence-corrected chi connectivity index (χ3v) is 6.36. The van der Waals surface area contributed by atoms with Gasteiger partial charge < -0.3 is 18.7 Å². The van der Waals surface area contributed by atoms with Gasteiger partial charge in [-0.1, -0.05) is 36.4 Å². The maximum Gasteiger partial charge on any atom is 2.00 e. The van der Waals surface area contributed by atoms with E-state index in [4.69, 9.17) is 4.11 Å². The van der Waals surface area contributed by atoms with Gasteiger partial charge in [-0.15, -0.1) is 42.0 Å². The molecule has 7 rings (SSSR count). The van der Waals surface area contributed by atoms with Gasteiger partial charge in [-0.2, -0.15) is 0 Å². The summed E-state index contributed by atoms with van der Waals surface area (Å²) in [5.74, 6) is 0.246. The van der Waals surface area contributed by atoms with E-state index in [0.29, 0.717) is 39.3 Å². The Labute approximate surface area is 242 Å². The molecule has 190 valence electrons. The van der Waals surface area contributed by atoms with Gasteiger partial charge in [-0.25, -0.2) is 9.78 Å². The van der Waals surface area contributed by atoms with E-state index < -0.39 is 6.85 Å². The molecular formula is C31H20N6OPt. The number of pyridine rings is 2. The fourth-order valence-corrected chi connectivity index (χ4v) is 4.69. The van der Waals surface area contributed by atoms with Gasteiger partial charge in [0.2, 0.25) is 0 Å². The molecule has 0 N–H and O–H groups in total. The van der Waals surface area contributed by atoms with Gasteiger partial charge in [0.25, 0.3) is 0 Å². The Balaban J connectivity index is 0.00000316. The first-order valence-electron chi connectivity index (χ1n) is 13.4. The number of fused-ring (bicyclic) bond motifs is 2. The molecule has 0 unspecified atom stereocenters. The topological polar surface area (TPSA) is 70.5 Å². The van der Waals surface area contributed by atoms with Crippen LogP contribution in [0.5, 0.6) is 0 Å². The Morgan fingerprint density at radius 3 is 2.31 bits per heavy atom. The number of nitrogens with zero attached hydrogens (tertiary/aromatic N) is 6. The van der Waals surface area contributed by atoms with E-state index in [1.54, 1.807) is 47.3 Å². The molecule has 0 aliphatic rings. The zero-order valence-electron chi connectivity index (χ0n) is 23.2. The number of aromatic nitrogens is 6. The first-order chi connectivity index (χ1) is 19.9. The third kappa shape index (κ3) is 4.12. The maximum atomic E-state index is 14.2. The van der Waals surface area contributed by atoms with Crippen molar-refractivity contribution in [2.24, 2.45) is 0 Å². The standard InChI is InChI=1S/C31H20N6O.Pt/c1-21-34-26-19-28-29(20-27(26)35(21)30-15-6-8-17-33-30)37(31(38)36(28)23-11-3-2-4-12-23)24-13-9-10-22(18-24)25-14-5-7-16-32-25;/h2-17,19H,1H3;/q-2;+2/i1D3;. The third-order valence-electron chi connectivity index (χ3n) is 6.36. The van der Waals surface area contributed by atoms with Crippen LogP contribution in [0.4, 0.5) is 0 Å². The van der Waals surface area contributed by atoms with Gasteiger partial charge in [0.15, 0.2) is 0 Å². The fraction of sp³-hybridized carbons (Fsp3) is 0.0323. The molecule has 0 amide bonds. The van der Waals surface area contributed by atoms with Crippen molar-refractivity contribution in [3.05, 3.63) is 132 Å². The van der Waals surface area contributed by atoms with E-state index in [9.17, 15) is 4.79 Å². The van der Waals surface area contributed by atoms with Gasteiger partial charge >= 0.3 is 26.8 Å². The van der Waals surface area contributed by atoms with Crippen LogP contribution in [-0.4, -0.2) is 28.7 Å². The zero-order valence-corrected chi connectivity index (χ0v) is 22.5. The second-order valence-electron chi connectivity index (χ2n) is 8.65. The van der Waals surface area contributed by atoms with Crippen molar-refractivity contribution in [1.82, 2.24) is 28.7 Å². The number of aryl methyl sites for hydroxylation is 1. The van der Waals surface area contributed by atoms with Gasteiger partial charge in [-0.05, 0) is 70.6 Å². The summed E-state index contributed by atoms with van der Waals surface area (Å²) in [4.78, 5) is 27.5. The summed E-state index contributed by atoms with van der Waals surface area (Å²) >= 11 is 0. The molecule has 0 saturated heterocycles. The largest absolute Gasteiger partial charge is 2.00 e. The minimum absolute atomic E-state index is 0. The molecule has 0 radical (unpaired) electrons. The molecule has 0 atom stereocenters. The minimum atomic E-state index is -2.52. The predicted molar refractivity (Wildman–Crippen MR) is 147 cm³/mol. The summed E-state index contributed by atoms with van der Waals surface area (Å²) in [5, 5.41) is 0. The van der Waals surface area contributed by atoms with Crippen LogP contribution in [0.15, 0.2) is 108 Å². The molecule has 8 heteroatoms. The van der Waals surface area contributed by atoms with Gasteiger partial charge in [0, 0.05) is 22.2 Å². The Bertz CT molecular complexity index is 2100. The Hall–Kier alpha value is -4.61. The number of hydrogen-bond donors (Lipinski definition) is 0. The van der Waals surface area contributed by atoms with E-state index in [1.807, 2.05) is 60.7 Å². The van der Waals surface area contributed by atoms with Crippen molar-refractivity contribution in [2.75, 3.05) is 0 Å². The van der Waals surface area contributed by atoms with Gasteiger partial charge in [0.05, 0.1) is 5.82 Å². The van der Waals surface area contributed by atoms with Crippen LogP contribution in [0.3, 0.4) is 0 Å². The normalized spacial score (nSPS) is 12.6. The molecule has 0 aliphatic carbocycles. The predicted octanol–water partition coefficient (Wildman–Crippen LogP) is 5.48. The molecule has 0 saturated carbocycles. The quantitative estimate of drug-likeness (QED) is 0.230. The van der Waals surface area contributed by atoms with Crippen LogP contribution < -0.4 is 5.69 Å². The molecule has 0 bridgehead atoms. The molecular weight excluding hydrogens is 667 g/mol. The number of rotatable bonds is 4. The van der Waals surface area contributed by atoms with Gasteiger partial charge in [0.1, 0.15) is 5.82 Å². The smallest absolute Gasteiger partial charge is 0.315 e. The Morgan fingerprint density at radius 2 is 1.56 bits per heavy atom. The second kappa shape index (κ2) is 9.93. The van der Waals surface area contributed by atoms with E-state index >= 15 is 0 Å². The summed E-state index contributed by atoms with van der Waals surface area (Å²) in [6.07, 6.45) is 3.29. The number of imidazole rings is 2. The first-order valence-corrected chi connectivity index (χ1v) is 11.9. The zero-order chi connectivity index (χ0) is 28.1. The summed E-state index contributed by atoms with van der Waals surface area (Å²) in [5.41, 5.74) is 3.98. The summed E-state index contributed by atoms with van der Waals surface area (Å²) in [6, 6.07) is 34.0. The maximum absolute atomic E-state index is 14.2. The molecule has 0 aliphatic heterocycles. The summed E-state index contributed by atoms with van der Waals surface area (Å²) in [6.45, 7) is -2.52. The molecule has 4 heterocycles. The Kier molecular flexibility index (Phi) is 5.43. The fourth-order valence-electron chi connectivity index (χ4n) is 4.69. The van der Waals surface area contributed by atoms with Crippen LogP contribution >= 0.6 is 0 Å². The van der Waals surface area contributed by atoms with E-state index in [1.165, 1.54) is 9.13 Å². The second-order valence-corrected chi connectivity index (χ2v) is 8.65. The van der Waals surface area contributed by atoms with Crippen molar-refractivity contribution in [3.8, 4) is 28.5 Å². The summed E-state index contributed by atoms with van der Waals surface area (Å²) in [7, 11) is 0. The molecule has 0 fully saturated rings. The molecule has 7 aromatic rings. The molecule has 39 heavy (non-hydrogen) atoms. The van der Waals surface area contributed by atoms with E-state index in [0.717, 1.165) is 11.3 Å². The van der Waals surface area contributed by atoms with Crippen molar-refractivity contribution >= 4 is 22.1 Å². The molecule has 0 spiro atoms. The number of hydrogen-bond acceptors (Lipinski definition) is 4. The van der Waals surface area contributed by atoms with Crippen LogP contribution in [0, 0.1) is 19.0 Å². The Morgan fingerprint density at radius 1 is 0.769 bits per heavy atom. The first kappa shape index (κ1) is 21.3. The van der Waals surface area contributed by atoms with Crippen LogP contribution in [0.2, 0.25) is 0 Å². The van der Waals surface area contributed by atoms with Crippen molar-refractivity contribution < 1.29 is 25.2 Å². The molecule has 3 aromatic carbocycles.